The molecule has 1 saturated carbocycles. The van der Waals surface area contributed by atoms with Crippen LogP contribution in [0.5, 0.6) is 0 Å². The van der Waals surface area contributed by atoms with Crippen molar-refractivity contribution in [2.24, 2.45) is 11.8 Å². The number of benzene rings is 1. The lowest BCUT2D eigenvalue weighted by molar-refractivity contribution is 0.218. The van der Waals surface area contributed by atoms with Crippen LogP contribution in [0.4, 0.5) is 0 Å². The van der Waals surface area contributed by atoms with Crippen molar-refractivity contribution in [3.63, 3.8) is 0 Å². The van der Waals surface area contributed by atoms with E-state index >= 15 is 0 Å². The molecule has 1 fully saturated rings. The van der Waals surface area contributed by atoms with Crippen LogP contribution in [-0.4, -0.2) is 20.2 Å². The van der Waals surface area contributed by atoms with E-state index in [4.69, 9.17) is 0 Å². The fourth-order valence-corrected chi connectivity index (χ4v) is 5.32. The molecule has 1 aliphatic heterocycles. The molecule has 1 aromatic rings. The molecule has 0 amide bonds. The van der Waals surface area contributed by atoms with E-state index in [1.54, 1.807) is 6.07 Å². The van der Waals surface area contributed by atoms with Crippen molar-refractivity contribution >= 4 is 9.84 Å². The first-order valence-corrected chi connectivity index (χ1v) is 9.20. The summed E-state index contributed by atoms with van der Waals surface area (Å²) >= 11 is 0. The zero-order valence-electron chi connectivity index (χ0n) is 12.2. The Morgan fingerprint density at radius 2 is 1.85 bits per heavy atom. The van der Waals surface area contributed by atoms with Crippen molar-refractivity contribution in [2.45, 2.75) is 50.1 Å². The fourth-order valence-electron chi connectivity index (χ4n) is 3.57. The van der Waals surface area contributed by atoms with Gasteiger partial charge in [0.05, 0.1) is 10.6 Å². The van der Waals surface area contributed by atoms with Crippen molar-refractivity contribution in [1.29, 1.82) is 0 Å². The monoisotopic (exact) mass is 293 g/mol. The Labute approximate surface area is 121 Å². The van der Waals surface area contributed by atoms with Crippen molar-refractivity contribution in [2.75, 3.05) is 5.75 Å². The van der Waals surface area contributed by atoms with Crippen molar-refractivity contribution in [3.05, 3.63) is 29.8 Å². The van der Waals surface area contributed by atoms with Gasteiger partial charge >= 0.3 is 0 Å². The molecular formula is C16H23NO2S. The summed E-state index contributed by atoms with van der Waals surface area (Å²) in [7, 11) is -3.09. The summed E-state index contributed by atoms with van der Waals surface area (Å²) in [5, 5.41) is 3.60. The van der Waals surface area contributed by atoms with E-state index in [2.05, 4.69) is 19.2 Å². The maximum atomic E-state index is 12.2. The molecule has 0 aromatic heterocycles. The second-order valence-corrected chi connectivity index (χ2v) is 8.51. The topological polar surface area (TPSA) is 46.2 Å². The van der Waals surface area contributed by atoms with Crippen LogP contribution in [-0.2, 0) is 9.84 Å². The Bertz CT molecular complexity index is 596. The second-order valence-electron chi connectivity index (χ2n) is 6.50. The molecule has 3 nitrogen and oxygen atoms in total. The maximum absolute atomic E-state index is 12.2. The molecule has 1 heterocycles. The summed E-state index contributed by atoms with van der Waals surface area (Å²) in [4.78, 5) is 0.523. The minimum absolute atomic E-state index is 0.0261. The molecule has 20 heavy (non-hydrogen) atoms. The Morgan fingerprint density at radius 3 is 2.60 bits per heavy atom. The van der Waals surface area contributed by atoms with E-state index in [9.17, 15) is 8.42 Å². The third kappa shape index (κ3) is 2.51. The predicted octanol–water partition coefficient (Wildman–Crippen LogP) is 2.93. The molecule has 0 spiro atoms. The first kappa shape index (κ1) is 14.1. The highest BCUT2D eigenvalue weighted by molar-refractivity contribution is 7.91. The van der Waals surface area contributed by atoms with Crippen LogP contribution in [0.3, 0.4) is 0 Å². The van der Waals surface area contributed by atoms with E-state index in [1.165, 1.54) is 6.42 Å². The molecule has 1 N–H and O–H groups in total. The zero-order chi connectivity index (χ0) is 14.3. The second kappa shape index (κ2) is 5.15. The largest absolute Gasteiger partial charge is 0.306 e. The van der Waals surface area contributed by atoms with Gasteiger partial charge in [0.1, 0.15) is 0 Å². The highest BCUT2D eigenvalue weighted by Crippen LogP contribution is 2.36. The summed E-state index contributed by atoms with van der Waals surface area (Å²) < 4.78 is 24.4. The number of hydrogen-bond donors (Lipinski definition) is 1. The number of sulfone groups is 1. The minimum Gasteiger partial charge on any atom is -0.306 e. The van der Waals surface area contributed by atoms with Gasteiger partial charge in [0.25, 0.3) is 0 Å². The highest BCUT2D eigenvalue weighted by Gasteiger charge is 2.36. The molecule has 1 aromatic carbocycles. The van der Waals surface area contributed by atoms with E-state index in [0.29, 0.717) is 10.9 Å². The standard InChI is InChI=1S/C16H23NO2S/c1-11-7-8-13(9-12(11)2)17-15-10-20(18,19)16-6-4-3-5-14(15)16/h3-6,11-13,15,17H,7-10H2,1-2H3. The normalized spacial score (nSPS) is 35.7. The first-order chi connectivity index (χ1) is 9.47. The quantitative estimate of drug-likeness (QED) is 0.912. The minimum atomic E-state index is -3.09. The summed E-state index contributed by atoms with van der Waals surface area (Å²) in [6.07, 6.45) is 3.55. The van der Waals surface area contributed by atoms with Gasteiger partial charge in [-0.1, -0.05) is 32.0 Å². The predicted molar refractivity (Wildman–Crippen MR) is 80.3 cm³/mol. The highest BCUT2D eigenvalue weighted by atomic mass is 32.2. The Morgan fingerprint density at radius 1 is 1.10 bits per heavy atom. The van der Waals surface area contributed by atoms with E-state index in [-0.39, 0.29) is 11.8 Å². The van der Waals surface area contributed by atoms with Crippen LogP contribution in [0.1, 0.15) is 44.7 Å². The number of nitrogens with one attached hydrogen (secondary N) is 1. The average molecular weight is 293 g/mol. The van der Waals surface area contributed by atoms with Gasteiger partial charge in [-0.15, -0.1) is 0 Å². The molecule has 4 atom stereocenters. The molecule has 4 unspecified atom stereocenters. The van der Waals surface area contributed by atoms with Crippen LogP contribution in [0, 0.1) is 11.8 Å². The van der Waals surface area contributed by atoms with Crippen LogP contribution >= 0.6 is 0 Å². The number of rotatable bonds is 2. The molecule has 0 saturated heterocycles. The van der Waals surface area contributed by atoms with Gasteiger partial charge in [-0.05, 0) is 42.7 Å². The van der Waals surface area contributed by atoms with E-state index < -0.39 is 9.84 Å². The van der Waals surface area contributed by atoms with Crippen LogP contribution in [0.15, 0.2) is 29.2 Å². The third-order valence-electron chi connectivity index (χ3n) is 5.05. The average Bonchev–Trinajstić information content (AvgIpc) is 2.66. The summed E-state index contributed by atoms with van der Waals surface area (Å²) in [5.41, 5.74) is 0.957. The fraction of sp³-hybridized carbons (Fsp3) is 0.625. The van der Waals surface area contributed by atoms with Gasteiger partial charge in [0.2, 0.25) is 0 Å². The third-order valence-corrected chi connectivity index (χ3v) is 6.86. The molecule has 0 radical (unpaired) electrons. The molecule has 2 aliphatic rings. The molecule has 0 bridgehead atoms. The Balaban J connectivity index is 1.77. The van der Waals surface area contributed by atoms with Gasteiger partial charge in [-0.3, -0.25) is 0 Å². The molecule has 4 heteroatoms. The van der Waals surface area contributed by atoms with Gasteiger partial charge in [-0.2, -0.15) is 0 Å². The SMILES string of the molecule is CC1CCC(NC2CS(=O)(=O)c3ccccc32)CC1C. The number of hydrogen-bond acceptors (Lipinski definition) is 3. The Hall–Kier alpha value is -0.870. The molecule has 3 rings (SSSR count). The molecule has 1 aliphatic carbocycles. The van der Waals surface area contributed by atoms with Crippen LogP contribution < -0.4 is 5.32 Å². The van der Waals surface area contributed by atoms with Crippen molar-refractivity contribution in [1.82, 2.24) is 5.32 Å². The summed E-state index contributed by atoms with van der Waals surface area (Å²) in [6, 6.07) is 7.85. The van der Waals surface area contributed by atoms with Gasteiger partial charge in [-0.25, -0.2) is 8.42 Å². The van der Waals surface area contributed by atoms with E-state index in [1.807, 2.05) is 18.2 Å². The lowest BCUT2D eigenvalue weighted by Crippen LogP contribution is -2.39. The lowest BCUT2D eigenvalue weighted by Gasteiger charge is -2.34. The van der Waals surface area contributed by atoms with Gasteiger partial charge < -0.3 is 5.32 Å². The smallest absolute Gasteiger partial charge is 0.180 e. The van der Waals surface area contributed by atoms with E-state index in [0.717, 1.165) is 30.2 Å². The zero-order valence-corrected chi connectivity index (χ0v) is 13.0. The van der Waals surface area contributed by atoms with Gasteiger partial charge in [0.15, 0.2) is 9.84 Å². The summed E-state index contributed by atoms with van der Waals surface area (Å²) in [6.45, 7) is 4.62. The van der Waals surface area contributed by atoms with Crippen LogP contribution in [0.25, 0.3) is 0 Å². The number of fused-ring (bicyclic) bond motifs is 1. The van der Waals surface area contributed by atoms with Crippen molar-refractivity contribution < 1.29 is 8.42 Å². The molecular weight excluding hydrogens is 270 g/mol. The van der Waals surface area contributed by atoms with Crippen LogP contribution in [0.2, 0.25) is 0 Å². The maximum Gasteiger partial charge on any atom is 0.180 e. The van der Waals surface area contributed by atoms with Gasteiger partial charge in [0, 0.05) is 12.1 Å². The lowest BCUT2D eigenvalue weighted by atomic mass is 9.79. The van der Waals surface area contributed by atoms with Crippen molar-refractivity contribution in [3.8, 4) is 0 Å². The first-order valence-electron chi connectivity index (χ1n) is 7.55. The Kier molecular flexibility index (Phi) is 3.63. The summed E-state index contributed by atoms with van der Waals surface area (Å²) in [5.74, 6) is 1.72. The molecule has 110 valence electrons.